The lowest BCUT2D eigenvalue weighted by Gasteiger charge is -2.03. The zero-order valence-electron chi connectivity index (χ0n) is 11.4. The monoisotopic (exact) mass is 290 g/mol. The van der Waals surface area contributed by atoms with Crippen LogP contribution in [0, 0.1) is 10.1 Å². The van der Waals surface area contributed by atoms with E-state index in [1.54, 1.807) is 12.3 Å². The Morgan fingerprint density at radius 1 is 1.48 bits per heavy atom. The minimum Gasteiger partial charge on any atom is -0.360 e. The largest absolute Gasteiger partial charge is 0.360 e. The molecule has 0 spiro atoms. The van der Waals surface area contributed by atoms with Gasteiger partial charge in [-0.3, -0.25) is 14.9 Å². The first-order valence-electron chi connectivity index (χ1n) is 6.26. The molecule has 110 valence electrons. The molecule has 21 heavy (non-hydrogen) atoms. The van der Waals surface area contributed by atoms with Crippen molar-refractivity contribution in [3.8, 4) is 0 Å². The van der Waals surface area contributed by atoms with E-state index in [-0.39, 0.29) is 18.0 Å². The number of hydrogen-bond acceptors (Lipinski definition) is 5. The molecule has 0 unspecified atom stereocenters. The van der Waals surface area contributed by atoms with E-state index in [1.165, 1.54) is 29.1 Å². The smallest absolute Gasteiger partial charge is 0.282 e. The van der Waals surface area contributed by atoms with Crippen LogP contribution in [0.1, 0.15) is 17.3 Å². The molecular weight excluding hydrogens is 276 g/mol. The highest BCUT2D eigenvalue weighted by Gasteiger charge is 2.19. The molecule has 1 amide bonds. The number of nitro groups is 1. The third-order valence-electron chi connectivity index (χ3n) is 2.66. The Kier molecular flexibility index (Phi) is 4.62. The van der Waals surface area contributed by atoms with Crippen molar-refractivity contribution in [1.82, 2.24) is 9.78 Å². The van der Waals surface area contributed by atoms with Crippen LogP contribution in [0.2, 0.25) is 0 Å². The number of benzene rings is 1. The van der Waals surface area contributed by atoms with Crippen LogP contribution < -0.4 is 5.32 Å². The molecule has 0 aliphatic carbocycles. The van der Waals surface area contributed by atoms with Crippen molar-refractivity contribution in [2.24, 2.45) is 0 Å². The number of hydrogen-bond donors (Lipinski definition) is 1. The molecule has 8 heteroatoms. The summed E-state index contributed by atoms with van der Waals surface area (Å²) in [5.74, 6) is -0.557. The van der Waals surface area contributed by atoms with Crippen molar-refractivity contribution < 1.29 is 14.5 Å². The maximum absolute atomic E-state index is 12.1. The van der Waals surface area contributed by atoms with Gasteiger partial charge >= 0.3 is 0 Å². The highest BCUT2D eigenvalue weighted by atomic mass is 16.6. The van der Waals surface area contributed by atoms with E-state index >= 15 is 0 Å². The van der Waals surface area contributed by atoms with Crippen molar-refractivity contribution in [3.05, 3.63) is 52.3 Å². The van der Waals surface area contributed by atoms with Crippen LogP contribution in [0.15, 0.2) is 36.7 Å². The second kappa shape index (κ2) is 6.62. The summed E-state index contributed by atoms with van der Waals surface area (Å²) in [6.07, 6.45) is 3.04. The lowest BCUT2D eigenvalue weighted by molar-refractivity contribution is -0.385. The Balaban J connectivity index is 2.11. The molecule has 1 heterocycles. The molecule has 1 aromatic carbocycles. The maximum atomic E-state index is 12.1. The molecule has 1 aromatic heterocycles. The van der Waals surface area contributed by atoms with Crippen LogP contribution in [0.25, 0.3) is 0 Å². The zero-order valence-corrected chi connectivity index (χ0v) is 11.4. The SMILES string of the molecule is CCOCn1cc(NC(=O)c2ccccc2[N+](=O)[O-])cn1. The molecule has 0 atom stereocenters. The van der Waals surface area contributed by atoms with Crippen molar-refractivity contribution in [2.75, 3.05) is 11.9 Å². The van der Waals surface area contributed by atoms with Crippen LogP contribution in [-0.2, 0) is 11.5 Å². The van der Waals surface area contributed by atoms with Crippen molar-refractivity contribution >= 4 is 17.3 Å². The molecule has 0 radical (unpaired) electrons. The predicted octanol–water partition coefficient (Wildman–Crippen LogP) is 2.04. The van der Waals surface area contributed by atoms with E-state index in [1.807, 2.05) is 6.92 Å². The second-order valence-electron chi connectivity index (χ2n) is 4.12. The van der Waals surface area contributed by atoms with Crippen LogP contribution in [0.3, 0.4) is 0 Å². The molecule has 2 rings (SSSR count). The third kappa shape index (κ3) is 3.63. The molecule has 8 nitrogen and oxygen atoms in total. The number of aromatic nitrogens is 2. The summed E-state index contributed by atoms with van der Waals surface area (Å²) >= 11 is 0. The number of nitro benzene ring substituents is 1. The standard InChI is InChI=1S/C13H14N4O4/c1-2-21-9-16-8-10(7-14-16)15-13(18)11-5-3-4-6-12(11)17(19)20/h3-8H,2,9H2,1H3,(H,15,18). The molecule has 0 saturated carbocycles. The van der Waals surface area contributed by atoms with E-state index in [2.05, 4.69) is 10.4 Å². The summed E-state index contributed by atoms with van der Waals surface area (Å²) in [6.45, 7) is 2.69. The van der Waals surface area contributed by atoms with Gasteiger partial charge in [0.25, 0.3) is 11.6 Å². The summed E-state index contributed by atoms with van der Waals surface area (Å²) in [4.78, 5) is 22.4. The van der Waals surface area contributed by atoms with Gasteiger partial charge in [-0.05, 0) is 13.0 Å². The number of ether oxygens (including phenoxy) is 1. The molecule has 0 bridgehead atoms. The van der Waals surface area contributed by atoms with Gasteiger partial charge in [0.15, 0.2) is 0 Å². The van der Waals surface area contributed by atoms with Crippen LogP contribution >= 0.6 is 0 Å². The molecule has 1 N–H and O–H groups in total. The average Bonchev–Trinajstić information content (AvgIpc) is 2.92. The summed E-state index contributed by atoms with van der Waals surface area (Å²) in [6, 6.07) is 5.76. The maximum Gasteiger partial charge on any atom is 0.282 e. The van der Waals surface area contributed by atoms with E-state index in [0.29, 0.717) is 12.3 Å². The van der Waals surface area contributed by atoms with Gasteiger partial charge in [-0.2, -0.15) is 5.10 Å². The third-order valence-corrected chi connectivity index (χ3v) is 2.66. The predicted molar refractivity (Wildman–Crippen MR) is 74.9 cm³/mol. The lowest BCUT2D eigenvalue weighted by atomic mass is 10.1. The quantitative estimate of drug-likeness (QED) is 0.648. The molecule has 0 aliphatic heterocycles. The first-order valence-corrected chi connectivity index (χ1v) is 6.26. The molecule has 0 aliphatic rings. The average molecular weight is 290 g/mol. The topological polar surface area (TPSA) is 99.3 Å². The fourth-order valence-electron chi connectivity index (χ4n) is 1.71. The van der Waals surface area contributed by atoms with E-state index in [4.69, 9.17) is 4.74 Å². The van der Waals surface area contributed by atoms with Gasteiger partial charge in [0.05, 0.1) is 23.0 Å². The number of rotatable bonds is 6. The first-order chi connectivity index (χ1) is 10.1. The number of carbonyl (C=O) groups is 1. The van der Waals surface area contributed by atoms with Crippen LogP contribution in [0.5, 0.6) is 0 Å². The van der Waals surface area contributed by atoms with E-state index < -0.39 is 10.8 Å². The Bertz CT molecular complexity index is 653. The second-order valence-corrected chi connectivity index (χ2v) is 4.12. The normalized spacial score (nSPS) is 10.3. The number of nitrogens with one attached hydrogen (secondary N) is 1. The van der Waals surface area contributed by atoms with Crippen molar-refractivity contribution in [2.45, 2.75) is 13.7 Å². The van der Waals surface area contributed by atoms with Gasteiger partial charge < -0.3 is 10.1 Å². The number of amides is 1. The Morgan fingerprint density at radius 3 is 2.95 bits per heavy atom. The lowest BCUT2D eigenvalue weighted by Crippen LogP contribution is -2.13. The van der Waals surface area contributed by atoms with E-state index in [9.17, 15) is 14.9 Å². The molecule has 0 fully saturated rings. The summed E-state index contributed by atoms with van der Waals surface area (Å²) in [5.41, 5.74) is 0.203. The number of para-hydroxylation sites is 1. The van der Waals surface area contributed by atoms with Crippen molar-refractivity contribution in [1.29, 1.82) is 0 Å². The fraction of sp³-hybridized carbons (Fsp3) is 0.231. The van der Waals surface area contributed by atoms with Gasteiger partial charge in [-0.15, -0.1) is 0 Å². The molecule has 0 saturated heterocycles. The minimum atomic E-state index is -0.590. The zero-order chi connectivity index (χ0) is 15.2. The minimum absolute atomic E-state index is 0.0000539. The van der Waals surface area contributed by atoms with Crippen LogP contribution in [-0.4, -0.2) is 27.2 Å². The van der Waals surface area contributed by atoms with Crippen molar-refractivity contribution in [3.63, 3.8) is 0 Å². The summed E-state index contributed by atoms with van der Waals surface area (Å²) in [7, 11) is 0. The summed E-state index contributed by atoms with van der Waals surface area (Å²) < 4.78 is 6.68. The molecule has 2 aromatic rings. The van der Waals surface area contributed by atoms with Gasteiger partial charge in [0.1, 0.15) is 12.3 Å². The Hall–Kier alpha value is -2.74. The van der Waals surface area contributed by atoms with Gasteiger partial charge in [-0.1, -0.05) is 12.1 Å². The Labute approximate surface area is 120 Å². The summed E-state index contributed by atoms with van der Waals surface area (Å²) in [5, 5.41) is 17.5. The molecular formula is C13H14N4O4. The van der Waals surface area contributed by atoms with Gasteiger partial charge in [-0.25, -0.2) is 4.68 Å². The van der Waals surface area contributed by atoms with Gasteiger partial charge in [0.2, 0.25) is 0 Å². The fourth-order valence-corrected chi connectivity index (χ4v) is 1.71. The van der Waals surface area contributed by atoms with E-state index in [0.717, 1.165) is 0 Å². The Morgan fingerprint density at radius 2 is 2.24 bits per heavy atom. The highest BCUT2D eigenvalue weighted by molar-refractivity contribution is 6.06. The first kappa shape index (κ1) is 14.7. The highest BCUT2D eigenvalue weighted by Crippen LogP contribution is 2.19. The number of carbonyl (C=O) groups excluding carboxylic acids is 1. The van der Waals surface area contributed by atoms with Gasteiger partial charge in [0, 0.05) is 12.7 Å². The number of anilines is 1. The van der Waals surface area contributed by atoms with Crippen LogP contribution in [0.4, 0.5) is 11.4 Å². The number of nitrogens with zero attached hydrogens (tertiary/aromatic N) is 3.